The minimum atomic E-state index is -0.823. The zero-order chi connectivity index (χ0) is 22.6. The lowest BCUT2D eigenvalue weighted by Gasteiger charge is -2.26. The van der Waals surface area contributed by atoms with Crippen LogP contribution in [0.4, 0.5) is 4.39 Å². The fourth-order valence-electron chi connectivity index (χ4n) is 4.00. The molecule has 2 amide bonds. The Kier molecular flexibility index (Phi) is 6.20. The van der Waals surface area contributed by atoms with E-state index in [1.165, 1.54) is 12.1 Å². The molecule has 3 aromatic rings. The molecular weight excluding hydrogens is 413 g/mol. The van der Waals surface area contributed by atoms with Gasteiger partial charge < -0.3 is 19.5 Å². The highest BCUT2D eigenvalue weighted by molar-refractivity contribution is 5.85. The first-order chi connectivity index (χ1) is 15.5. The SMILES string of the molecule is CNC(=O)[C@]1(Cc2cc(-c3ccc(F)cc3)no2)CCN(C(=O)COc2ccccc2)C1. The van der Waals surface area contributed by atoms with E-state index in [0.29, 0.717) is 36.6 Å². The number of hydrogen-bond donors (Lipinski definition) is 1. The van der Waals surface area contributed by atoms with Crippen LogP contribution in [0.15, 0.2) is 65.2 Å². The predicted molar refractivity (Wildman–Crippen MR) is 115 cm³/mol. The first-order valence-corrected chi connectivity index (χ1v) is 10.4. The molecule has 0 spiro atoms. The molecule has 0 aliphatic carbocycles. The summed E-state index contributed by atoms with van der Waals surface area (Å²) in [6, 6.07) is 16.8. The van der Waals surface area contributed by atoms with Crippen molar-refractivity contribution in [2.24, 2.45) is 5.41 Å². The largest absolute Gasteiger partial charge is 0.484 e. The van der Waals surface area contributed by atoms with Gasteiger partial charge in [0.2, 0.25) is 5.91 Å². The first-order valence-electron chi connectivity index (χ1n) is 10.4. The Bertz CT molecular complexity index is 1080. The summed E-state index contributed by atoms with van der Waals surface area (Å²) in [6.45, 7) is 0.616. The summed E-state index contributed by atoms with van der Waals surface area (Å²) in [7, 11) is 1.58. The monoisotopic (exact) mass is 437 g/mol. The molecule has 0 unspecified atom stereocenters. The number of amides is 2. The summed E-state index contributed by atoms with van der Waals surface area (Å²) in [5.41, 5.74) is 0.461. The van der Waals surface area contributed by atoms with E-state index in [1.807, 2.05) is 18.2 Å². The molecule has 0 saturated carbocycles. The fourth-order valence-corrected chi connectivity index (χ4v) is 4.00. The number of carbonyl (C=O) groups is 2. The van der Waals surface area contributed by atoms with Crippen molar-refractivity contribution in [1.82, 2.24) is 15.4 Å². The number of para-hydroxylation sites is 1. The van der Waals surface area contributed by atoms with Crippen molar-refractivity contribution in [2.75, 3.05) is 26.7 Å². The maximum atomic E-state index is 13.2. The van der Waals surface area contributed by atoms with Gasteiger partial charge in [0.25, 0.3) is 5.91 Å². The van der Waals surface area contributed by atoms with Gasteiger partial charge in [-0.3, -0.25) is 9.59 Å². The Hall–Kier alpha value is -3.68. The highest BCUT2D eigenvalue weighted by Crippen LogP contribution is 2.35. The van der Waals surface area contributed by atoms with Gasteiger partial charge >= 0.3 is 0 Å². The van der Waals surface area contributed by atoms with Crippen LogP contribution >= 0.6 is 0 Å². The Balaban J connectivity index is 1.45. The minimum Gasteiger partial charge on any atom is -0.484 e. The molecule has 1 atom stereocenters. The van der Waals surface area contributed by atoms with Crippen LogP contribution in [0.25, 0.3) is 11.3 Å². The summed E-state index contributed by atoms with van der Waals surface area (Å²) < 4.78 is 24.2. The third kappa shape index (κ3) is 4.64. The number of aromatic nitrogens is 1. The lowest BCUT2D eigenvalue weighted by atomic mass is 9.81. The number of rotatable bonds is 7. The lowest BCUT2D eigenvalue weighted by Crippen LogP contribution is -2.44. The van der Waals surface area contributed by atoms with Crippen LogP contribution in [0.1, 0.15) is 12.2 Å². The number of hydrogen-bond acceptors (Lipinski definition) is 5. The van der Waals surface area contributed by atoms with Gasteiger partial charge in [-0.2, -0.15) is 0 Å². The standard InChI is InChI=1S/C24H24FN3O4/c1-26-23(30)24(14-20-13-21(27-32-20)17-7-9-18(25)10-8-17)11-12-28(16-24)22(29)15-31-19-5-3-2-4-6-19/h2-10,13H,11-12,14-16H2,1H3,(H,26,30)/t24-/m0/s1. The van der Waals surface area contributed by atoms with E-state index < -0.39 is 5.41 Å². The van der Waals surface area contributed by atoms with E-state index in [9.17, 15) is 14.0 Å². The molecule has 166 valence electrons. The molecule has 1 fully saturated rings. The van der Waals surface area contributed by atoms with E-state index >= 15 is 0 Å². The van der Waals surface area contributed by atoms with Gasteiger partial charge in [0.15, 0.2) is 6.61 Å². The second-order valence-corrected chi connectivity index (χ2v) is 7.89. The molecule has 8 heteroatoms. The Morgan fingerprint density at radius 3 is 2.66 bits per heavy atom. The fraction of sp³-hybridized carbons (Fsp3) is 0.292. The second kappa shape index (κ2) is 9.21. The molecule has 1 N–H and O–H groups in total. The van der Waals surface area contributed by atoms with E-state index in [4.69, 9.17) is 9.26 Å². The molecule has 1 aliphatic heterocycles. The van der Waals surface area contributed by atoms with Crippen LogP contribution in [-0.2, 0) is 16.0 Å². The zero-order valence-corrected chi connectivity index (χ0v) is 17.7. The average molecular weight is 437 g/mol. The van der Waals surface area contributed by atoms with Crippen LogP contribution in [-0.4, -0.2) is 48.6 Å². The van der Waals surface area contributed by atoms with Gasteiger partial charge in [-0.1, -0.05) is 23.4 Å². The number of ether oxygens (including phenoxy) is 1. The maximum Gasteiger partial charge on any atom is 0.260 e. The molecule has 0 bridgehead atoms. The summed E-state index contributed by atoms with van der Waals surface area (Å²) in [4.78, 5) is 27.2. The molecule has 7 nitrogen and oxygen atoms in total. The van der Waals surface area contributed by atoms with Crippen LogP contribution in [0.2, 0.25) is 0 Å². The Morgan fingerprint density at radius 2 is 1.94 bits per heavy atom. The number of nitrogens with zero attached hydrogens (tertiary/aromatic N) is 2. The van der Waals surface area contributed by atoms with Crippen molar-refractivity contribution in [2.45, 2.75) is 12.8 Å². The van der Waals surface area contributed by atoms with Crippen molar-refractivity contribution >= 4 is 11.8 Å². The van der Waals surface area contributed by atoms with E-state index in [1.54, 1.807) is 42.3 Å². The van der Waals surface area contributed by atoms with E-state index in [2.05, 4.69) is 10.5 Å². The van der Waals surface area contributed by atoms with Crippen molar-refractivity contribution < 1.29 is 23.2 Å². The predicted octanol–water partition coefficient (Wildman–Crippen LogP) is 3.07. The second-order valence-electron chi connectivity index (χ2n) is 7.89. The van der Waals surface area contributed by atoms with Crippen LogP contribution < -0.4 is 10.1 Å². The third-order valence-electron chi connectivity index (χ3n) is 5.73. The summed E-state index contributed by atoms with van der Waals surface area (Å²) >= 11 is 0. The van der Waals surface area contributed by atoms with Gasteiger partial charge in [-0.25, -0.2) is 4.39 Å². The molecule has 1 aromatic heterocycles. The zero-order valence-electron chi connectivity index (χ0n) is 17.7. The Morgan fingerprint density at radius 1 is 1.19 bits per heavy atom. The van der Waals surface area contributed by atoms with Crippen molar-refractivity contribution in [1.29, 1.82) is 0 Å². The summed E-state index contributed by atoms with van der Waals surface area (Å²) in [5.74, 6) is 0.485. The molecule has 4 rings (SSSR count). The van der Waals surface area contributed by atoms with Crippen LogP contribution in [0.3, 0.4) is 0 Å². The number of halogens is 1. The number of nitrogens with one attached hydrogen (secondary N) is 1. The van der Waals surface area contributed by atoms with Gasteiger partial charge in [-0.05, 0) is 42.8 Å². The first kappa shape index (κ1) is 21.5. The van der Waals surface area contributed by atoms with Crippen LogP contribution in [0.5, 0.6) is 5.75 Å². The van der Waals surface area contributed by atoms with E-state index in [0.717, 1.165) is 5.56 Å². The van der Waals surface area contributed by atoms with Crippen molar-refractivity contribution in [3.05, 3.63) is 72.2 Å². The molecular formula is C24H24FN3O4. The number of carbonyl (C=O) groups excluding carboxylic acids is 2. The van der Waals surface area contributed by atoms with Crippen molar-refractivity contribution in [3.8, 4) is 17.0 Å². The normalized spacial score (nSPS) is 17.9. The van der Waals surface area contributed by atoms with Crippen LogP contribution in [0, 0.1) is 11.2 Å². The summed E-state index contributed by atoms with van der Waals surface area (Å²) in [5, 5.41) is 6.78. The quantitative estimate of drug-likeness (QED) is 0.614. The van der Waals surface area contributed by atoms with Gasteiger partial charge in [0.1, 0.15) is 23.0 Å². The molecule has 0 radical (unpaired) electrons. The van der Waals surface area contributed by atoms with Crippen molar-refractivity contribution in [3.63, 3.8) is 0 Å². The number of likely N-dealkylation sites (tertiary alicyclic amines) is 1. The molecule has 32 heavy (non-hydrogen) atoms. The topological polar surface area (TPSA) is 84.7 Å². The highest BCUT2D eigenvalue weighted by Gasteiger charge is 2.46. The Labute approximate surface area is 185 Å². The van der Waals surface area contributed by atoms with Gasteiger partial charge in [0, 0.05) is 38.2 Å². The highest BCUT2D eigenvalue weighted by atomic mass is 19.1. The number of benzene rings is 2. The van der Waals surface area contributed by atoms with E-state index in [-0.39, 0.29) is 30.8 Å². The molecule has 1 saturated heterocycles. The molecule has 2 heterocycles. The smallest absolute Gasteiger partial charge is 0.260 e. The van der Waals surface area contributed by atoms with Gasteiger partial charge in [0.05, 0.1) is 5.41 Å². The minimum absolute atomic E-state index is 0.0924. The third-order valence-corrected chi connectivity index (χ3v) is 5.73. The molecule has 2 aromatic carbocycles. The average Bonchev–Trinajstić information content (AvgIpc) is 3.46. The molecule has 1 aliphatic rings. The summed E-state index contributed by atoms with van der Waals surface area (Å²) in [6.07, 6.45) is 0.792. The lowest BCUT2D eigenvalue weighted by molar-refractivity contribution is -0.134. The maximum absolute atomic E-state index is 13.2. The van der Waals surface area contributed by atoms with Gasteiger partial charge in [-0.15, -0.1) is 0 Å².